The van der Waals surface area contributed by atoms with Gasteiger partial charge in [-0.1, -0.05) is 0 Å². The van der Waals surface area contributed by atoms with Crippen LogP contribution in [-0.2, 0) is 11.2 Å². The van der Waals surface area contributed by atoms with Crippen LogP contribution in [0, 0.1) is 11.7 Å². The van der Waals surface area contributed by atoms with Crippen LogP contribution in [0.1, 0.15) is 30.6 Å². The molecule has 0 amide bonds. The summed E-state index contributed by atoms with van der Waals surface area (Å²) in [4.78, 5) is 37.4. The molecule has 3 aromatic heterocycles. The Balaban J connectivity index is 1.41. The van der Waals surface area contributed by atoms with Crippen molar-refractivity contribution in [1.82, 2.24) is 24.9 Å². The van der Waals surface area contributed by atoms with Crippen LogP contribution in [0.2, 0.25) is 0 Å². The molecule has 3 aromatic rings. The fourth-order valence-corrected chi connectivity index (χ4v) is 4.35. The summed E-state index contributed by atoms with van der Waals surface area (Å²) in [5.74, 6) is 0.275. The van der Waals surface area contributed by atoms with E-state index in [1.54, 1.807) is 24.7 Å². The van der Waals surface area contributed by atoms with E-state index in [4.69, 9.17) is 0 Å². The van der Waals surface area contributed by atoms with Gasteiger partial charge >= 0.3 is 5.97 Å². The minimum atomic E-state index is -0.828. The zero-order valence-corrected chi connectivity index (χ0v) is 17.5. The summed E-state index contributed by atoms with van der Waals surface area (Å²) in [6, 6.07) is 4.43. The van der Waals surface area contributed by atoms with E-state index in [0.717, 1.165) is 11.3 Å². The Hall–Kier alpha value is -3.69. The maximum atomic E-state index is 14.5. The van der Waals surface area contributed by atoms with Gasteiger partial charge in [0.05, 0.1) is 17.7 Å². The molecule has 1 saturated heterocycles. The molecular formula is C22H22FN7O2. The Bertz CT molecular complexity index is 1160. The van der Waals surface area contributed by atoms with Gasteiger partial charge in [0.25, 0.3) is 0 Å². The van der Waals surface area contributed by atoms with Gasteiger partial charge in [0.2, 0.25) is 0 Å². The summed E-state index contributed by atoms with van der Waals surface area (Å²) in [6.45, 7) is 3.52. The Kier molecular flexibility index (Phi) is 5.12. The number of carbonyl (C=O) groups is 1. The SMILES string of the molecule is CC1c2cnc(-c3ncccn3)nc2CCN1c1cc(F)cc(N2CCC(C(=O)O)C2)n1. The topological polar surface area (TPSA) is 108 Å². The van der Waals surface area contributed by atoms with Gasteiger partial charge in [-0.3, -0.25) is 4.79 Å². The molecule has 0 spiro atoms. The van der Waals surface area contributed by atoms with Crippen LogP contribution < -0.4 is 9.80 Å². The van der Waals surface area contributed by atoms with Crippen molar-refractivity contribution >= 4 is 17.6 Å². The van der Waals surface area contributed by atoms with Crippen molar-refractivity contribution in [2.75, 3.05) is 29.4 Å². The summed E-state index contributed by atoms with van der Waals surface area (Å²) in [6.07, 6.45) is 6.27. The molecule has 1 fully saturated rings. The van der Waals surface area contributed by atoms with Crippen LogP contribution >= 0.6 is 0 Å². The molecule has 2 aliphatic heterocycles. The lowest BCUT2D eigenvalue weighted by Gasteiger charge is -2.36. The zero-order valence-electron chi connectivity index (χ0n) is 17.5. The van der Waals surface area contributed by atoms with Gasteiger partial charge in [-0.05, 0) is 19.4 Å². The lowest BCUT2D eigenvalue weighted by Crippen LogP contribution is -2.36. The number of fused-ring (bicyclic) bond motifs is 1. The first-order valence-corrected chi connectivity index (χ1v) is 10.5. The fourth-order valence-electron chi connectivity index (χ4n) is 4.35. The van der Waals surface area contributed by atoms with E-state index in [1.807, 2.05) is 16.7 Å². The highest BCUT2D eigenvalue weighted by atomic mass is 19.1. The van der Waals surface area contributed by atoms with Crippen LogP contribution in [0.15, 0.2) is 36.8 Å². The Morgan fingerprint density at radius 3 is 2.62 bits per heavy atom. The second-order valence-corrected chi connectivity index (χ2v) is 8.06. The maximum absolute atomic E-state index is 14.5. The molecule has 0 aliphatic carbocycles. The van der Waals surface area contributed by atoms with E-state index in [-0.39, 0.29) is 6.04 Å². The van der Waals surface area contributed by atoms with Crippen LogP contribution in [0.5, 0.6) is 0 Å². The molecule has 32 heavy (non-hydrogen) atoms. The molecule has 10 heteroatoms. The number of carboxylic acid groups (broad SMARTS) is 1. The van der Waals surface area contributed by atoms with Gasteiger partial charge in [-0.2, -0.15) is 0 Å². The number of hydrogen-bond acceptors (Lipinski definition) is 8. The number of anilines is 2. The van der Waals surface area contributed by atoms with Crippen LogP contribution in [0.4, 0.5) is 16.0 Å². The first-order valence-electron chi connectivity index (χ1n) is 10.5. The lowest BCUT2D eigenvalue weighted by molar-refractivity contribution is -0.140. The van der Waals surface area contributed by atoms with E-state index in [0.29, 0.717) is 55.8 Å². The van der Waals surface area contributed by atoms with Crippen LogP contribution in [0.3, 0.4) is 0 Å². The summed E-state index contributed by atoms with van der Waals surface area (Å²) in [5, 5.41) is 9.26. The quantitative estimate of drug-likeness (QED) is 0.661. The average molecular weight is 435 g/mol. The van der Waals surface area contributed by atoms with Crippen molar-refractivity contribution in [3.05, 3.63) is 53.9 Å². The summed E-state index contributed by atoms with van der Waals surface area (Å²) in [5.41, 5.74) is 1.88. The Morgan fingerprint density at radius 2 is 1.88 bits per heavy atom. The first-order chi connectivity index (χ1) is 15.5. The van der Waals surface area contributed by atoms with E-state index < -0.39 is 17.7 Å². The molecule has 2 unspecified atom stereocenters. The molecule has 0 bridgehead atoms. The molecule has 9 nitrogen and oxygen atoms in total. The summed E-state index contributed by atoms with van der Waals surface area (Å²) in [7, 11) is 0. The number of nitrogens with zero attached hydrogens (tertiary/aromatic N) is 7. The monoisotopic (exact) mass is 435 g/mol. The molecular weight excluding hydrogens is 413 g/mol. The Morgan fingerprint density at radius 1 is 1.09 bits per heavy atom. The minimum Gasteiger partial charge on any atom is -0.481 e. The van der Waals surface area contributed by atoms with Gasteiger partial charge in [0, 0.05) is 62.3 Å². The second-order valence-electron chi connectivity index (χ2n) is 8.06. The highest BCUT2D eigenvalue weighted by molar-refractivity contribution is 5.72. The smallest absolute Gasteiger partial charge is 0.308 e. The number of carboxylic acids is 1. The normalized spacial score (nSPS) is 20.3. The lowest BCUT2D eigenvalue weighted by atomic mass is 9.99. The molecule has 2 aliphatic rings. The van der Waals surface area contributed by atoms with E-state index in [9.17, 15) is 14.3 Å². The predicted molar refractivity (Wildman–Crippen MR) is 115 cm³/mol. The Labute approximate surface area is 184 Å². The average Bonchev–Trinajstić information content (AvgIpc) is 3.30. The maximum Gasteiger partial charge on any atom is 0.308 e. The molecule has 2 atom stereocenters. The number of hydrogen-bond donors (Lipinski definition) is 1. The third kappa shape index (κ3) is 3.72. The van der Waals surface area contributed by atoms with Crippen LogP contribution in [0.25, 0.3) is 11.6 Å². The van der Waals surface area contributed by atoms with E-state index in [2.05, 4.69) is 24.9 Å². The second kappa shape index (κ2) is 8.10. The van der Waals surface area contributed by atoms with Gasteiger partial charge < -0.3 is 14.9 Å². The molecule has 164 valence electrons. The standard InChI is InChI=1S/C22H22FN7O2/c1-13-16-11-26-21(20-24-5-2-6-25-20)27-17(16)4-8-30(13)19-10-15(23)9-18(28-19)29-7-3-14(12-29)22(31)32/h2,5-6,9-11,13-14H,3-4,7-8,12H2,1H3,(H,31,32). The van der Waals surface area contributed by atoms with E-state index >= 15 is 0 Å². The third-order valence-electron chi connectivity index (χ3n) is 6.09. The number of halogens is 1. The molecule has 5 heterocycles. The molecule has 0 saturated carbocycles. The number of pyridine rings is 1. The third-order valence-corrected chi connectivity index (χ3v) is 6.09. The largest absolute Gasteiger partial charge is 0.481 e. The fraction of sp³-hybridized carbons (Fsp3) is 0.364. The number of rotatable bonds is 4. The van der Waals surface area contributed by atoms with Crippen molar-refractivity contribution in [2.24, 2.45) is 5.92 Å². The van der Waals surface area contributed by atoms with E-state index in [1.165, 1.54) is 12.1 Å². The first kappa shape index (κ1) is 20.2. The number of aliphatic carboxylic acids is 1. The van der Waals surface area contributed by atoms with Crippen molar-refractivity contribution in [1.29, 1.82) is 0 Å². The van der Waals surface area contributed by atoms with Crippen LogP contribution in [-0.4, -0.2) is 55.6 Å². The van der Waals surface area contributed by atoms with Gasteiger partial charge in [-0.15, -0.1) is 0 Å². The van der Waals surface area contributed by atoms with Crippen molar-refractivity contribution < 1.29 is 14.3 Å². The van der Waals surface area contributed by atoms with Crippen molar-refractivity contribution in [3.8, 4) is 11.6 Å². The number of aromatic nitrogens is 5. The highest BCUT2D eigenvalue weighted by Crippen LogP contribution is 2.34. The molecule has 0 aromatic carbocycles. The predicted octanol–water partition coefficient (Wildman–Crippen LogP) is 2.50. The van der Waals surface area contributed by atoms with Gasteiger partial charge in [0.1, 0.15) is 17.5 Å². The van der Waals surface area contributed by atoms with Crippen molar-refractivity contribution in [3.63, 3.8) is 0 Å². The minimum absolute atomic E-state index is 0.100. The van der Waals surface area contributed by atoms with Gasteiger partial charge in [0.15, 0.2) is 11.6 Å². The highest BCUT2D eigenvalue weighted by Gasteiger charge is 2.31. The summed E-state index contributed by atoms with van der Waals surface area (Å²) >= 11 is 0. The molecule has 5 rings (SSSR count). The van der Waals surface area contributed by atoms with Gasteiger partial charge in [-0.25, -0.2) is 29.3 Å². The molecule has 0 radical (unpaired) electrons. The van der Waals surface area contributed by atoms with Crippen molar-refractivity contribution in [2.45, 2.75) is 25.8 Å². The zero-order chi connectivity index (χ0) is 22.2. The molecule has 1 N–H and O–H groups in total. The summed E-state index contributed by atoms with van der Waals surface area (Å²) < 4.78 is 14.5.